The van der Waals surface area contributed by atoms with Crippen molar-refractivity contribution in [3.63, 3.8) is 0 Å². The minimum absolute atomic E-state index is 0.165. The second-order valence-electron chi connectivity index (χ2n) is 3.06. The van der Waals surface area contributed by atoms with Gasteiger partial charge in [-0.2, -0.15) is 4.99 Å². The van der Waals surface area contributed by atoms with E-state index >= 15 is 0 Å². The summed E-state index contributed by atoms with van der Waals surface area (Å²) >= 11 is 5.18. The van der Waals surface area contributed by atoms with Crippen molar-refractivity contribution in [2.45, 2.75) is 19.8 Å². The zero-order chi connectivity index (χ0) is 12.4. The molecule has 0 saturated carbocycles. The van der Waals surface area contributed by atoms with E-state index in [0.29, 0.717) is 6.67 Å². The Morgan fingerprint density at radius 3 is 2.81 bits per heavy atom. The maximum atomic E-state index is 5.86. The van der Waals surface area contributed by atoms with Crippen molar-refractivity contribution >= 4 is 24.3 Å². The van der Waals surface area contributed by atoms with Crippen LogP contribution < -0.4 is 26.7 Å². The fraction of sp³-hybridized carbons (Fsp3) is 0.625. The van der Waals surface area contributed by atoms with Gasteiger partial charge in [-0.3, -0.25) is 10.6 Å². The molecule has 1 atom stereocenters. The van der Waals surface area contributed by atoms with Crippen LogP contribution in [0, 0.1) is 12.5 Å². The first-order chi connectivity index (χ1) is 7.52. The zero-order valence-corrected chi connectivity index (χ0v) is 11.1. The van der Waals surface area contributed by atoms with E-state index in [-0.39, 0.29) is 5.96 Å². The lowest BCUT2D eigenvalue weighted by molar-refractivity contribution is 0.755. The van der Waals surface area contributed by atoms with E-state index in [9.17, 15) is 0 Å². The summed E-state index contributed by atoms with van der Waals surface area (Å²) in [6.07, 6.45) is 7.09. The lowest BCUT2D eigenvalue weighted by Crippen LogP contribution is -2.40. The number of nitrogens with zero attached hydrogens (tertiary/aromatic N) is 1. The molecule has 0 amide bonds. The Morgan fingerprint density at radius 2 is 2.25 bits per heavy atom. The molecule has 0 aliphatic heterocycles. The van der Waals surface area contributed by atoms with Crippen molar-refractivity contribution in [3.8, 4) is 12.5 Å². The van der Waals surface area contributed by atoms with Crippen LogP contribution in [-0.4, -0.2) is 19.2 Å². The lowest BCUT2D eigenvalue weighted by Gasteiger charge is -2.19. The summed E-state index contributed by atoms with van der Waals surface area (Å²) in [6, 6.07) is 2.07. The predicted molar refractivity (Wildman–Crippen MR) is 73.0 cm³/mol. The molecular formula is C8H19N6PS. The van der Waals surface area contributed by atoms with Gasteiger partial charge in [0, 0.05) is 12.6 Å². The quantitative estimate of drug-likeness (QED) is 0.107. The normalized spacial score (nSPS) is 15.2. The third-order valence-corrected chi connectivity index (χ3v) is 3.74. The van der Waals surface area contributed by atoms with Crippen LogP contribution in [0.15, 0.2) is 4.99 Å². The summed E-state index contributed by atoms with van der Waals surface area (Å²) in [7, 11) is 0. The van der Waals surface area contributed by atoms with Gasteiger partial charge in [0.1, 0.15) is 6.49 Å². The number of hydrogen-bond acceptors (Lipinski definition) is 2. The Morgan fingerprint density at radius 1 is 1.56 bits per heavy atom. The maximum absolute atomic E-state index is 5.86. The number of terminal acetylenes is 1. The molecule has 92 valence electrons. The standard InChI is InChI=1S/C8H19N6PS/c1-3-5-6-13-15(10,16)14-7-12-8(9)11-4-2/h2H,3,5-7H2,1H3,(H3,9,11,12)(H4,10,13,14,16). The molecule has 7 N–H and O–H groups in total. The minimum Gasteiger partial charge on any atom is -0.369 e. The molecule has 0 spiro atoms. The number of nitrogens with two attached hydrogens (primary N) is 2. The predicted octanol–water partition coefficient (Wildman–Crippen LogP) is -0.399. The van der Waals surface area contributed by atoms with Gasteiger partial charge >= 0.3 is 0 Å². The molecular weight excluding hydrogens is 243 g/mol. The molecule has 0 radical (unpaired) electrons. The van der Waals surface area contributed by atoms with Gasteiger partial charge < -0.3 is 11.1 Å². The average Bonchev–Trinajstić information content (AvgIpc) is 2.18. The van der Waals surface area contributed by atoms with Crippen molar-refractivity contribution in [1.82, 2.24) is 15.5 Å². The first kappa shape index (κ1) is 15.4. The van der Waals surface area contributed by atoms with Gasteiger partial charge in [0.05, 0.1) is 6.67 Å². The fourth-order valence-corrected chi connectivity index (χ4v) is 2.22. The molecule has 0 aliphatic carbocycles. The van der Waals surface area contributed by atoms with Crippen molar-refractivity contribution in [2.75, 3.05) is 13.2 Å². The van der Waals surface area contributed by atoms with Crippen LogP contribution in [0.3, 0.4) is 0 Å². The van der Waals surface area contributed by atoms with E-state index in [1.807, 2.05) is 0 Å². The third kappa shape index (κ3) is 8.65. The van der Waals surface area contributed by atoms with Crippen LogP contribution >= 0.6 is 6.49 Å². The number of aliphatic imine (C=N–C) groups is 1. The van der Waals surface area contributed by atoms with E-state index in [1.54, 1.807) is 0 Å². The van der Waals surface area contributed by atoms with Crippen molar-refractivity contribution < 1.29 is 0 Å². The highest BCUT2D eigenvalue weighted by Crippen LogP contribution is 2.23. The Balaban J connectivity index is 3.78. The van der Waals surface area contributed by atoms with E-state index in [4.69, 9.17) is 29.5 Å². The Bertz CT molecular complexity index is 310. The molecule has 0 bridgehead atoms. The molecule has 0 fully saturated rings. The van der Waals surface area contributed by atoms with Gasteiger partial charge in [-0.05, 0) is 18.2 Å². The van der Waals surface area contributed by atoms with Crippen molar-refractivity contribution in [2.24, 2.45) is 16.2 Å². The van der Waals surface area contributed by atoms with Crippen LogP contribution in [0.25, 0.3) is 0 Å². The van der Waals surface area contributed by atoms with Gasteiger partial charge in [0.15, 0.2) is 0 Å². The summed E-state index contributed by atoms with van der Waals surface area (Å²) in [5.41, 5.74) is 11.3. The molecule has 0 rings (SSSR count). The summed E-state index contributed by atoms with van der Waals surface area (Å²) in [5.74, 6) is 0.165. The summed E-state index contributed by atoms with van der Waals surface area (Å²) in [6.45, 7) is 1.06. The van der Waals surface area contributed by atoms with Gasteiger partial charge in [-0.1, -0.05) is 19.8 Å². The van der Waals surface area contributed by atoms with E-state index in [1.165, 1.54) is 0 Å². The van der Waals surface area contributed by atoms with Crippen LogP contribution in [-0.2, 0) is 11.8 Å². The smallest absolute Gasteiger partial charge is 0.203 e. The first-order valence-electron chi connectivity index (χ1n) is 4.93. The molecule has 0 aromatic heterocycles. The van der Waals surface area contributed by atoms with Gasteiger partial charge in [-0.25, -0.2) is 5.09 Å². The van der Waals surface area contributed by atoms with Gasteiger partial charge in [-0.15, -0.1) is 0 Å². The second-order valence-corrected chi connectivity index (χ2v) is 6.73. The van der Waals surface area contributed by atoms with Crippen molar-refractivity contribution in [3.05, 3.63) is 0 Å². The number of guanidine groups is 1. The number of unbranched alkanes of at least 4 members (excludes halogenated alkanes) is 1. The first-order valence-corrected chi connectivity index (χ1v) is 7.80. The molecule has 0 saturated heterocycles. The van der Waals surface area contributed by atoms with Gasteiger partial charge in [0.25, 0.3) is 0 Å². The van der Waals surface area contributed by atoms with Gasteiger partial charge in [0.2, 0.25) is 5.96 Å². The second kappa shape index (κ2) is 8.50. The van der Waals surface area contributed by atoms with Crippen molar-refractivity contribution in [1.29, 1.82) is 0 Å². The third-order valence-electron chi connectivity index (χ3n) is 1.65. The minimum atomic E-state index is -2.19. The highest BCUT2D eigenvalue weighted by molar-refractivity contribution is 8.11. The van der Waals surface area contributed by atoms with E-state index in [0.717, 1.165) is 19.4 Å². The topological polar surface area (TPSA) is 100 Å². The number of rotatable bonds is 7. The lowest BCUT2D eigenvalue weighted by atomic mass is 10.3. The summed E-state index contributed by atoms with van der Waals surface area (Å²) < 4.78 is 0. The fourth-order valence-electron chi connectivity index (χ4n) is 0.834. The molecule has 0 aromatic rings. The SMILES string of the molecule is C#CN=C(N)NCNP(N)(=S)NCCCC. The van der Waals surface area contributed by atoms with E-state index < -0.39 is 6.49 Å². The maximum Gasteiger partial charge on any atom is 0.203 e. The molecule has 0 aromatic carbocycles. The summed E-state index contributed by atoms with van der Waals surface area (Å²) in [5, 5.41) is 8.80. The molecule has 16 heavy (non-hydrogen) atoms. The number of nitrogens with one attached hydrogen (secondary N) is 3. The molecule has 0 heterocycles. The van der Waals surface area contributed by atoms with E-state index in [2.05, 4.69) is 33.5 Å². The highest BCUT2D eigenvalue weighted by Gasteiger charge is 2.07. The number of hydrogen-bond donors (Lipinski definition) is 5. The largest absolute Gasteiger partial charge is 0.369 e. The molecule has 0 aliphatic rings. The molecule has 1 unspecified atom stereocenters. The van der Waals surface area contributed by atoms with Crippen LogP contribution in [0.1, 0.15) is 19.8 Å². The Hall–Kier alpha value is -0.640. The zero-order valence-electron chi connectivity index (χ0n) is 9.36. The highest BCUT2D eigenvalue weighted by atomic mass is 32.4. The molecule has 8 heteroatoms. The summed E-state index contributed by atoms with van der Waals surface area (Å²) in [4.78, 5) is 3.51. The van der Waals surface area contributed by atoms with Crippen LogP contribution in [0.5, 0.6) is 0 Å². The van der Waals surface area contributed by atoms with Crippen LogP contribution in [0.2, 0.25) is 0 Å². The van der Waals surface area contributed by atoms with Crippen LogP contribution in [0.4, 0.5) is 0 Å². The Labute approximate surface area is 102 Å². The monoisotopic (exact) mass is 262 g/mol. The average molecular weight is 262 g/mol. The molecule has 6 nitrogen and oxygen atoms in total. The Kier molecular flexibility index (Phi) is 8.16.